The van der Waals surface area contributed by atoms with Crippen LogP contribution in [0.1, 0.15) is 30.0 Å². The van der Waals surface area contributed by atoms with Gasteiger partial charge in [0.25, 0.3) is 0 Å². The maximum atomic E-state index is 14.7. The van der Waals surface area contributed by atoms with Crippen LogP contribution < -0.4 is 5.73 Å². The van der Waals surface area contributed by atoms with Crippen molar-refractivity contribution in [1.29, 1.82) is 0 Å². The minimum atomic E-state index is -1.31. The summed E-state index contributed by atoms with van der Waals surface area (Å²) in [4.78, 5) is 19.5. The van der Waals surface area contributed by atoms with E-state index in [-0.39, 0.29) is 11.3 Å². The number of primary amides is 1. The molecule has 0 radical (unpaired) electrons. The molecule has 0 saturated carbocycles. The lowest BCUT2D eigenvalue weighted by Gasteiger charge is -2.13. The van der Waals surface area contributed by atoms with E-state index in [4.69, 9.17) is 5.73 Å². The molecular formula is C20H18FN7O2. The summed E-state index contributed by atoms with van der Waals surface area (Å²) in [6.07, 6.45) is 1.71. The van der Waals surface area contributed by atoms with Crippen molar-refractivity contribution in [1.82, 2.24) is 24.6 Å². The van der Waals surface area contributed by atoms with E-state index in [0.29, 0.717) is 28.0 Å². The Morgan fingerprint density at radius 1 is 1.30 bits per heavy atom. The molecule has 1 atom stereocenters. The molecule has 0 bridgehead atoms. The van der Waals surface area contributed by atoms with Gasteiger partial charge in [0, 0.05) is 30.3 Å². The number of pyridine rings is 1. The van der Waals surface area contributed by atoms with E-state index in [1.807, 2.05) is 0 Å². The van der Waals surface area contributed by atoms with Crippen molar-refractivity contribution in [2.45, 2.75) is 13.0 Å². The minimum absolute atomic E-state index is 0.0864. The van der Waals surface area contributed by atoms with E-state index in [1.165, 1.54) is 23.8 Å². The summed E-state index contributed by atoms with van der Waals surface area (Å²) < 4.78 is 16.1. The first-order chi connectivity index (χ1) is 14.3. The number of amides is 2. The molecule has 9 nitrogen and oxygen atoms in total. The Morgan fingerprint density at radius 2 is 2.10 bits per heavy atom. The Kier molecular flexibility index (Phi) is 4.84. The number of aliphatic hydroxyl groups is 1. The number of benzene rings is 1. The molecule has 1 aromatic carbocycles. The first-order valence-corrected chi connectivity index (χ1v) is 9.01. The van der Waals surface area contributed by atoms with E-state index in [2.05, 4.69) is 20.2 Å². The molecule has 1 unspecified atom stereocenters. The van der Waals surface area contributed by atoms with Crippen molar-refractivity contribution in [3.8, 4) is 0 Å². The monoisotopic (exact) mass is 407 g/mol. The van der Waals surface area contributed by atoms with Crippen LogP contribution in [-0.2, 0) is 0 Å². The third-order valence-corrected chi connectivity index (χ3v) is 4.67. The van der Waals surface area contributed by atoms with Gasteiger partial charge in [0.05, 0.1) is 23.1 Å². The van der Waals surface area contributed by atoms with Gasteiger partial charge in [-0.15, -0.1) is 0 Å². The molecule has 4 aromatic rings. The number of rotatable bonds is 4. The van der Waals surface area contributed by atoms with Gasteiger partial charge in [0.1, 0.15) is 17.6 Å². The molecule has 0 aliphatic carbocycles. The number of nitrogens with two attached hydrogens (primary N) is 1. The van der Waals surface area contributed by atoms with E-state index < -0.39 is 18.0 Å². The van der Waals surface area contributed by atoms with Gasteiger partial charge in [-0.25, -0.2) is 23.7 Å². The van der Waals surface area contributed by atoms with Crippen molar-refractivity contribution in [2.24, 2.45) is 10.8 Å². The molecule has 3 heterocycles. The average Bonchev–Trinajstić information content (AvgIpc) is 3.15. The van der Waals surface area contributed by atoms with Crippen LogP contribution in [0, 0.1) is 5.82 Å². The number of hydrazone groups is 1. The first kappa shape index (κ1) is 19.4. The number of imidazole rings is 1. The molecule has 10 heteroatoms. The van der Waals surface area contributed by atoms with Crippen LogP contribution in [0.3, 0.4) is 0 Å². The van der Waals surface area contributed by atoms with Crippen molar-refractivity contribution in [3.05, 3.63) is 71.6 Å². The molecule has 30 heavy (non-hydrogen) atoms. The highest BCUT2D eigenvalue weighted by Crippen LogP contribution is 2.28. The lowest BCUT2D eigenvalue weighted by molar-refractivity contribution is 0.208. The predicted molar refractivity (Wildman–Crippen MR) is 108 cm³/mol. The Bertz CT molecular complexity index is 1300. The molecule has 0 aliphatic rings. The van der Waals surface area contributed by atoms with Gasteiger partial charge in [0.2, 0.25) is 0 Å². The summed E-state index contributed by atoms with van der Waals surface area (Å²) in [5, 5.41) is 21.1. The quantitative estimate of drug-likeness (QED) is 0.397. The number of urea groups is 1. The Morgan fingerprint density at radius 3 is 2.87 bits per heavy atom. The number of fused-ring (bicyclic) bond motifs is 2. The van der Waals surface area contributed by atoms with Crippen molar-refractivity contribution in [2.75, 3.05) is 7.05 Å². The van der Waals surface area contributed by atoms with Crippen molar-refractivity contribution >= 4 is 28.3 Å². The number of nitrogens with zero attached hydrogens (tertiary/aromatic N) is 6. The van der Waals surface area contributed by atoms with Gasteiger partial charge < -0.3 is 10.8 Å². The SMILES string of the molecule is C/C(=N\N(C)C(N)=O)c1ccc2ncc(C(O)c3cc4cccnc4cc3F)n2n1. The lowest BCUT2D eigenvalue weighted by Crippen LogP contribution is -2.28. The van der Waals surface area contributed by atoms with E-state index in [9.17, 15) is 14.3 Å². The zero-order valence-corrected chi connectivity index (χ0v) is 16.2. The molecule has 4 rings (SSSR count). The molecule has 3 aromatic heterocycles. The molecule has 0 spiro atoms. The lowest BCUT2D eigenvalue weighted by atomic mass is 10.0. The largest absolute Gasteiger partial charge is 0.382 e. The highest BCUT2D eigenvalue weighted by molar-refractivity contribution is 5.97. The molecule has 2 amide bonds. The molecule has 3 N–H and O–H groups in total. The number of carbonyl (C=O) groups excluding carboxylic acids is 1. The second kappa shape index (κ2) is 7.48. The molecule has 0 saturated heterocycles. The van der Waals surface area contributed by atoms with Crippen LogP contribution in [0.4, 0.5) is 9.18 Å². The van der Waals surface area contributed by atoms with E-state index in [0.717, 1.165) is 5.01 Å². The Balaban J connectivity index is 1.78. The van der Waals surface area contributed by atoms with E-state index in [1.54, 1.807) is 43.5 Å². The number of hydrogen-bond donors (Lipinski definition) is 2. The van der Waals surface area contributed by atoms with Crippen molar-refractivity contribution < 1.29 is 14.3 Å². The second-order valence-electron chi connectivity index (χ2n) is 6.69. The fourth-order valence-corrected chi connectivity index (χ4v) is 3.08. The van der Waals surface area contributed by atoms with Gasteiger partial charge in [0.15, 0.2) is 5.65 Å². The third kappa shape index (κ3) is 3.44. The zero-order valence-electron chi connectivity index (χ0n) is 16.2. The predicted octanol–water partition coefficient (Wildman–Crippen LogP) is 2.23. The van der Waals surface area contributed by atoms with Crippen LogP contribution in [-0.4, -0.2) is 48.5 Å². The maximum absolute atomic E-state index is 14.7. The highest BCUT2D eigenvalue weighted by atomic mass is 19.1. The van der Waals surface area contributed by atoms with Gasteiger partial charge in [-0.3, -0.25) is 4.98 Å². The fraction of sp³-hybridized carbons (Fsp3) is 0.150. The normalized spacial score (nSPS) is 13.0. The van der Waals surface area contributed by atoms with Crippen LogP contribution in [0.2, 0.25) is 0 Å². The molecule has 0 aliphatic heterocycles. The molecular weight excluding hydrogens is 389 g/mol. The fourth-order valence-electron chi connectivity index (χ4n) is 3.08. The minimum Gasteiger partial charge on any atom is -0.382 e. The van der Waals surface area contributed by atoms with Gasteiger partial charge >= 0.3 is 6.03 Å². The summed E-state index contributed by atoms with van der Waals surface area (Å²) in [7, 11) is 1.42. The average molecular weight is 407 g/mol. The number of aliphatic hydroxyl groups excluding tert-OH is 1. The van der Waals surface area contributed by atoms with Gasteiger partial charge in [-0.05, 0) is 31.2 Å². The summed E-state index contributed by atoms with van der Waals surface area (Å²) >= 11 is 0. The van der Waals surface area contributed by atoms with Crippen LogP contribution in [0.25, 0.3) is 16.6 Å². The van der Waals surface area contributed by atoms with Gasteiger partial charge in [-0.1, -0.05) is 6.07 Å². The number of carbonyl (C=O) groups is 1. The number of aromatic nitrogens is 4. The topological polar surface area (TPSA) is 122 Å². The van der Waals surface area contributed by atoms with Crippen LogP contribution in [0.15, 0.2) is 53.9 Å². The van der Waals surface area contributed by atoms with Crippen molar-refractivity contribution in [3.63, 3.8) is 0 Å². The summed E-state index contributed by atoms with van der Waals surface area (Å²) in [5.41, 5.74) is 7.38. The molecule has 0 fully saturated rings. The van der Waals surface area contributed by atoms with Crippen LogP contribution >= 0.6 is 0 Å². The highest BCUT2D eigenvalue weighted by Gasteiger charge is 2.21. The van der Waals surface area contributed by atoms with E-state index >= 15 is 0 Å². The third-order valence-electron chi connectivity index (χ3n) is 4.67. The number of hydrogen-bond acceptors (Lipinski definition) is 6. The summed E-state index contributed by atoms with van der Waals surface area (Å²) in [6.45, 7) is 1.66. The molecule has 152 valence electrons. The summed E-state index contributed by atoms with van der Waals surface area (Å²) in [5.74, 6) is -0.583. The number of halogens is 1. The Labute approximate surface area is 170 Å². The maximum Gasteiger partial charge on any atom is 0.334 e. The van der Waals surface area contributed by atoms with Gasteiger partial charge in [-0.2, -0.15) is 10.2 Å². The standard InChI is InChI=1S/C20H18FN7O2/c1-11(25-27(2)20(22)30)15-5-6-18-24-10-17(28(18)26-15)19(29)13-8-12-4-3-7-23-16(12)9-14(13)21/h3-10,19,29H,1-2H3,(H2,22,30)/b25-11+. The zero-order chi connectivity index (χ0) is 21.4. The van der Waals surface area contributed by atoms with Crippen LogP contribution in [0.5, 0.6) is 0 Å². The smallest absolute Gasteiger partial charge is 0.334 e. The Hall–Kier alpha value is -3.92. The first-order valence-electron chi connectivity index (χ1n) is 9.01. The summed E-state index contributed by atoms with van der Waals surface area (Å²) in [6, 6.07) is 9.01. The second-order valence-corrected chi connectivity index (χ2v) is 6.69.